The minimum absolute atomic E-state index is 0.0786. The molecule has 0 aromatic heterocycles. The van der Waals surface area contributed by atoms with Crippen LogP contribution in [0.5, 0.6) is 0 Å². The molecule has 1 N–H and O–H groups in total. The molecule has 0 spiro atoms. The highest BCUT2D eigenvalue weighted by atomic mass is 16.4. The van der Waals surface area contributed by atoms with Crippen molar-refractivity contribution in [1.82, 2.24) is 4.90 Å². The fraction of sp³-hybridized carbons (Fsp3) is 0.556. The van der Waals surface area contributed by atoms with Crippen LogP contribution in [0.15, 0.2) is 18.2 Å². The Balaban J connectivity index is 2.38. The second-order valence-electron chi connectivity index (χ2n) is 5.96. The summed E-state index contributed by atoms with van der Waals surface area (Å²) >= 11 is 0. The quantitative estimate of drug-likeness (QED) is 0.897. The molecule has 0 aliphatic heterocycles. The monoisotopic (exact) mass is 303 g/mol. The summed E-state index contributed by atoms with van der Waals surface area (Å²) in [5.41, 5.74) is 1.73. The van der Waals surface area contributed by atoms with E-state index < -0.39 is 5.97 Å². The predicted molar refractivity (Wildman–Crippen MR) is 86.5 cm³/mol. The van der Waals surface area contributed by atoms with Gasteiger partial charge < -0.3 is 10.0 Å². The van der Waals surface area contributed by atoms with Gasteiger partial charge in [0.1, 0.15) is 0 Å². The van der Waals surface area contributed by atoms with Crippen molar-refractivity contribution in [2.45, 2.75) is 51.9 Å². The summed E-state index contributed by atoms with van der Waals surface area (Å²) in [6.45, 7) is 5.13. The largest absolute Gasteiger partial charge is 0.478 e. The lowest BCUT2D eigenvalue weighted by Crippen LogP contribution is -2.30. The Labute approximate surface area is 132 Å². The Morgan fingerprint density at radius 3 is 2.18 bits per heavy atom. The van der Waals surface area contributed by atoms with Gasteiger partial charge in [-0.15, -0.1) is 0 Å². The van der Waals surface area contributed by atoms with E-state index in [9.17, 15) is 14.7 Å². The Morgan fingerprint density at radius 2 is 1.64 bits per heavy atom. The van der Waals surface area contributed by atoms with Gasteiger partial charge in [-0.05, 0) is 56.4 Å². The van der Waals surface area contributed by atoms with Crippen molar-refractivity contribution in [2.75, 3.05) is 13.1 Å². The molecular formula is C18H25NO3. The van der Waals surface area contributed by atoms with Gasteiger partial charge in [-0.1, -0.05) is 19.3 Å². The first-order valence-corrected chi connectivity index (χ1v) is 8.24. The molecule has 0 unspecified atom stereocenters. The molecule has 2 rings (SSSR count). The summed E-state index contributed by atoms with van der Waals surface area (Å²) in [4.78, 5) is 25.7. The molecule has 22 heavy (non-hydrogen) atoms. The third-order valence-corrected chi connectivity index (χ3v) is 4.58. The summed E-state index contributed by atoms with van der Waals surface area (Å²) in [5.74, 6) is -0.660. The Kier molecular flexibility index (Phi) is 5.58. The molecule has 1 aromatic rings. The van der Waals surface area contributed by atoms with Crippen molar-refractivity contribution in [1.29, 1.82) is 0 Å². The molecule has 120 valence electrons. The van der Waals surface area contributed by atoms with Crippen LogP contribution in [0.3, 0.4) is 0 Å². The number of carbonyl (C=O) groups excluding carboxylic acids is 1. The minimum Gasteiger partial charge on any atom is -0.478 e. The van der Waals surface area contributed by atoms with Gasteiger partial charge in [0, 0.05) is 18.7 Å². The van der Waals surface area contributed by atoms with Crippen molar-refractivity contribution in [2.24, 2.45) is 0 Å². The average molecular weight is 303 g/mol. The number of carboxylic acids is 1. The fourth-order valence-electron chi connectivity index (χ4n) is 3.26. The van der Waals surface area contributed by atoms with Gasteiger partial charge in [0.05, 0.1) is 5.56 Å². The third-order valence-electron chi connectivity index (χ3n) is 4.58. The molecule has 0 radical (unpaired) electrons. The standard InChI is InChI=1S/C18H25NO3/c1-3-19(4-2)17(20)15-10-14(11-16(12-15)18(21)22)13-8-6-5-7-9-13/h10-13H,3-9H2,1-2H3,(H,21,22). The van der Waals surface area contributed by atoms with Gasteiger partial charge in [0.15, 0.2) is 0 Å². The second-order valence-corrected chi connectivity index (χ2v) is 5.96. The molecule has 0 heterocycles. The highest BCUT2D eigenvalue weighted by molar-refractivity contribution is 5.97. The SMILES string of the molecule is CCN(CC)C(=O)c1cc(C(=O)O)cc(C2CCCCC2)c1. The number of hydrogen-bond acceptors (Lipinski definition) is 2. The summed E-state index contributed by atoms with van der Waals surface area (Å²) in [7, 11) is 0. The molecule has 1 saturated carbocycles. The van der Waals surface area contributed by atoms with Gasteiger partial charge in [-0.25, -0.2) is 4.79 Å². The number of hydrogen-bond donors (Lipinski definition) is 1. The molecule has 0 bridgehead atoms. The molecule has 1 aliphatic rings. The zero-order valence-electron chi connectivity index (χ0n) is 13.5. The maximum Gasteiger partial charge on any atom is 0.335 e. The lowest BCUT2D eigenvalue weighted by molar-refractivity contribution is 0.0696. The number of aromatic carboxylic acids is 1. The van der Waals surface area contributed by atoms with Crippen LogP contribution < -0.4 is 0 Å². The Morgan fingerprint density at radius 1 is 1.05 bits per heavy atom. The molecule has 0 saturated heterocycles. The molecule has 1 aliphatic carbocycles. The van der Waals surface area contributed by atoms with E-state index in [4.69, 9.17) is 0 Å². The summed E-state index contributed by atoms with van der Waals surface area (Å²) in [5, 5.41) is 9.34. The van der Waals surface area contributed by atoms with E-state index in [0.29, 0.717) is 24.6 Å². The maximum absolute atomic E-state index is 12.5. The Hall–Kier alpha value is -1.84. The van der Waals surface area contributed by atoms with Crippen molar-refractivity contribution >= 4 is 11.9 Å². The van der Waals surface area contributed by atoms with Crippen LogP contribution in [0.2, 0.25) is 0 Å². The number of amides is 1. The summed E-state index contributed by atoms with van der Waals surface area (Å²) < 4.78 is 0. The first-order valence-electron chi connectivity index (χ1n) is 8.24. The van der Waals surface area contributed by atoms with E-state index >= 15 is 0 Å². The van der Waals surface area contributed by atoms with E-state index in [1.807, 2.05) is 19.9 Å². The highest BCUT2D eigenvalue weighted by Gasteiger charge is 2.21. The number of rotatable bonds is 5. The number of carboxylic acid groups (broad SMARTS) is 1. The minimum atomic E-state index is -0.966. The lowest BCUT2D eigenvalue weighted by atomic mass is 9.83. The van der Waals surface area contributed by atoms with E-state index in [1.54, 1.807) is 11.0 Å². The fourth-order valence-corrected chi connectivity index (χ4v) is 3.26. The zero-order chi connectivity index (χ0) is 16.1. The van der Waals surface area contributed by atoms with Crippen LogP contribution >= 0.6 is 0 Å². The van der Waals surface area contributed by atoms with Crippen LogP contribution in [0.1, 0.15) is 78.1 Å². The third kappa shape index (κ3) is 3.67. The van der Waals surface area contributed by atoms with Crippen molar-refractivity contribution < 1.29 is 14.7 Å². The number of carbonyl (C=O) groups is 2. The first kappa shape index (κ1) is 16.5. The first-order chi connectivity index (χ1) is 10.6. The van der Waals surface area contributed by atoms with Crippen LogP contribution in [0.25, 0.3) is 0 Å². The van der Waals surface area contributed by atoms with Gasteiger partial charge in [-0.3, -0.25) is 4.79 Å². The van der Waals surface area contributed by atoms with Gasteiger partial charge in [-0.2, -0.15) is 0 Å². The van der Waals surface area contributed by atoms with Crippen LogP contribution in [-0.4, -0.2) is 35.0 Å². The normalized spacial score (nSPS) is 15.5. The smallest absolute Gasteiger partial charge is 0.335 e. The molecular weight excluding hydrogens is 278 g/mol. The maximum atomic E-state index is 12.5. The topological polar surface area (TPSA) is 57.6 Å². The number of benzene rings is 1. The summed E-state index contributed by atoms with van der Waals surface area (Å²) in [6.07, 6.45) is 5.78. The molecule has 4 heteroatoms. The average Bonchev–Trinajstić information content (AvgIpc) is 2.56. The van der Waals surface area contributed by atoms with Crippen LogP contribution in [-0.2, 0) is 0 Å². The van der Waals surface area contributed by atoms with Crippen LogP contribution in [0, 0.1) is 0 Å². The Bertz CT molecular complexity index is 543. The zero-order valence-corrected chi connectivity index (χ0v) is 13.5. The van der Waals surface area contributed by atoms with Gasteiger partial charge in [0.25, 0.3) is 5.91 Å². The van der Waals surface area contributed by atoms with E-state index in [1.165, 1.54) is 25.3 Å². The van der Waals surface area contributed by atoms with E-state index in [2.05, 4.69) is 0 Å². The summed E-state index contributed by atoms with van der Waals surface area (Å²) in [6, 6.07) is 5.16. The van der Waals surface area contributed by atoms with Crippen molar-refractivity contribution in [3.63, 3.8) is 0 Å². The molecule has 1 amide bonds. The molecule has 4 nitrogen and oxygen atoms in total. The van der Waals surface area contributed by atoms with E-state index in [-0.39, 0.29) is 11.5 Å². The second kappa shape index (κ2) is 7.43. The molecule has 1 aromatic carbocycles. The van der Waals surface area contributed by atoms with Crippen molar-refractivity contribution in [3.8, 4) is 0 Å². The highest BCUT2D eigenvalue weighted by Crippen LogP contribution is 2.33. The van der Waals surface area contributed by atoms with E-state index in [0.717, 1.165) is 18.4 Å². The lowest BCUT2D eigenvalue weighted by Gasteiger charge is -2.24. The van der Waals surface area contributed by atoms with Crippen LogP contribution in [0.4, 0.5) is 0 Å². The molecule has 0 atom stereocenters. The van der Waals surface area contributed by atoms with Gasteiger partial charge >= 0.3 is 5.97 Å². The predicted octanol–water partition coefficient (Wildman–Crippen LogP) is 3.91. The number of nitrogens with zero attached hydrogens (tertiary/aromatic N) is 1. The van der Waals surface area contributed by atoms with Crippen molar-refractivity contribution in [3.05, 3.63) is 34.9 Å². The van der Waals surface area contributed by atoms with Gasteiger partial charge in [0.2, 0.25) is 0 Å². The molecule has 1 fully saturated rings.